The molecule has 3 rings (SSSR count). The first kappa shape index (κ1) is 16.0. The minimum Gasteiger partial charge on any atom is -0.493 e. The second-order valence-corrected chi connectivity index (χ2v) is 5.41. The average molecular weight is 324 g/mol. The molecule has 6 nitrogen and oxygen atoms in total. The third kappa shape index (κ3) is 3.38. The Bertz CT molecular complexity index is 802. The highest BCUT2D eigenvalue weighted by Gasteiger charge is 2.15. The molecule has 0 aliphatic rings. The zero-order chi connectivity index (χ0) is 16.9. The van der Waals surface area contributed by atoms with Crippen molar-refractivity contribution < 1.29 is 9.47 Å². The molecule has 0 saturated carbocycles. The molecule has 1 heterocycles. The van der Waals surface area contributed by atoms with Crippen LogP contribution in [0, 0.1) is 0 Å². The summed E-state index contributed by atoms with van der Waals surface area (Å²) in [6.07, 6.45) is 0.696. The van der Waals surface area contributed by atoms with Gasteiger partial charge in [0.2, 0.25) is 0 Å². The predicted molar refractivity (Wildman–Crippen MR) is 92.0 cm³/mol. The lowest BCUT2D eigenvalue weighted by Crippen LogP contribution is -2.15. The van der Waals surface area contributed by atoms with Crippen LogP contribution < -0.4 is 15.2 Å². The Morgan fingerprint density at radius 2 is 1.79 bits per heavy atom. The first-order chi connectivity index (χ1) is 11.7. The molecule has 2 aromatic carbocycles. The molecule has 0 fully saturated rings. The number of ether oxygens (including phenoxy) is 2. The van der Waals surface area contributed by atoms with Crippen molar-refractivity contribution in [3.05, 3.63) is 59.9 Å². The number of hydrogen-bond acceptors (Lipinski definition) is 5. The van der Waals surface area contributed by atoms with E-state index in [4.69, 9.17) is 15.2 Å². The van der Waals surface area contributed by atoms with Gasteiger partial charge in [0.1, 0.15) is 5.82 Å². The molecule has 0 amide bonds. The minimum atomic E-state index is -0.242. The molecule has 0 saturated heterocycles. The van der Waals surface area contributed by atoms with E-state index in [1.807, 2.05) is 48.5 Å². The number of benzene rings is 2. The van der Waals surface area contributed by atoms with Gasteiger partial charge in [-0.25, -0.2) is 4.98 Å². The van der Waals surface area contributed by atoms with Gasteiger partial charge in [-0.15, -0.1) is 0 Å². The summed E-state index contributed by atoms with van der Waals surface area (Å²) in [5.41, 5.74) is 8.24. The number of nitrogens with one attached hydrogen (secondary N) is 1. The van der Waals surface area contributed by atoms with E-state index < -0.39 is 0 Å². The number of methoxy groups -OCH3 is 2. The van der Waals surface area contributed by atoms with Gasteiger partial charge in [-0.1, -0.05) is 30.3 Å². The SMILES string of the molecule is COc1ccc(-c2n[nH]c(C(N)Cc3ccccc3)n2)cc1OC. The number of nitrogens with zero attached hydrogens (tertiary/aromatic N) is 2. The zero-order valence-corrected chi connectivity index (χ0v) is 13.7. The van der Waals surface area contributed by atoms with E-state index in [0.29, 0.717) is 29.6 Å². The van der Waals surface area contributed by atoms with Crippen molar-refractivity contribution >= 4 is 0 Å². The molecule has 3 N–H and O–H groups in total. The third-order valence-electron chi connectivity index (χ3n) is 3.79. The molecule has 0 aliphatic heterocycles. The summed E-state index contributed by atoms with van der Waals surface area (Å²) in [6.45, 7) is 0. The van der Waals surface area contributed by atoms with Crippen LogP contribution in [-0.2, 0) is 6.42 Å². The van der Waals surface area contributed by atoms with Crippen LogP contribution in [0.2, 0.25) is 0 Å². The molecule has 1 atom stereocenters. The fourth-order valence-electron chi connectivity index (χ4n) is 2.51. The zero-order valence-electron chi connectivity index (χ0n) is 13.7. The molecular formula is C18H20N4O2. The molecule has 124 valence electrons. The lowest BCUT2D eigenvalue weighted by atomic mass is 10.1. The van der Waals surface area contributed by atoms with Crippen molar-refractivity contribution in [3.8, 4) is 22.9 Å². The summed E-state index contributed by atoms with van der Waals surface area (Å²) >= 11 is 0. The van der Waals surface area contributed by atoms with Gasteiger partial charge in [0, 0.05) is 5.56 Å². The van der Waals surface area contributed by atoms with Gasteiger partial charge < -0.3 is 15.2 Å². The summed E-state index contributed by atoms with van der Waals surface area (Å²) in [4.78, 5) is 4.52. The summed E-state index contributed by atoms with van der Waals surface area (Å²) in [5.74, 6) is 2.53. The predicted octanol–water partition coefficient (Wildman–Crippen LogP) is 2.73. The molecule has 24 heavy (non-hydrogen) atoms. The Balaban J connectivity index is 1.80. The van der Waals surface area contributed by atoms with Crippen LogP contribution in [0.25, 0.3) is 11.4 Å². The summed E-state index contributed by atoms with van der Waals surface area (Å²) in [7, 11) is 3.20. The van der Waals surface area contributed by atoms with Gasteiger partial charge in [0.05, 0.1) is 20.3 Å². The van der Waals surface area contributed by atoms with Crippen LogP contribution >= 0.6 is 0 Å². The lowest BCUT2D eigenvalue weighted by molar-refractivity contribution is 0.355. The van der Waals surface area contributed by atoms with E-state index in [0.717, 1.165) is 11.1 Å². The quantitative estimate of drug-likeness (QED) is 0.728. The van der Waals surface area contributed by atoms with Crippen LogP contribution in [-0.4, -0.2) is 29.4 Å². The van der Waals surface area contributed by atoms with Gasteiger partial charge in [-0.3, -0.25) is 5.10 Å². The van der Waals surface area contributed by atoms with E-state index in [1.54, 1.807) is 14.2 Å². The second-order valence-electron chi connectivity index (χ2n) is 5.41. The lowest BCUT2D eigenvalue weighted by Gasteiger charge is -2.08. The van der Waals surface area contributed by atoms with E-state index >= 15 is 0 Å². The monoisotopic (exact) mass is 324 g/mol. The molecule has 0 bridgehead atoms. The molecule has 0 radical (unpaired) electrons. The summed E-state index contributed by atoms with van der Waals surface area (Å²) in [6, 6.07) is 15.4. The van der Waals surface area contributed by atoms with Crippen molar-refractivity contribution in [1.29, 1.82) is 0 Å². The topological polar surface area (TPSA) is 86.0 Å². The first-order valence-corrected chi connectivity index (χ1v) is 7.65. The van der Waals surface area contributed by atoms with Gasteiger partial charge in [-0.2, -0.15) is 5.10 Å². The van der Waals surface area contributed by atoms with Crippen LogP contribution in [0.3, 0.4) is 0 Å². The van der Waals surface area contributed by atoms with Crippen molar-refractivity contribution in [2.45, 2.75) is 12.5 Å². The van der Waals surface area contributed by atoms with E-state index in [1.165, 1.54) is 0 Å². The van der Waals surface area contributed by atoms with Gasteiger partial charge >= 0.3 is 0 Å². The highest BCUT2D eigenvalue weighted by atomic mass is 16.5. The Morgan fingerprint density at radius 1 is 1.04 bits per heavy atom. The Morgan fingerprint density at radius 3 is 2.50 bits per heavy atom. The van der Waals surface area contributed by atoms with Gasteiger partial charge in [-0.05, 0) is 30.2 Å². The maximum atomic E-state index is 6.24. The number of aromatic nitrogens is 3. The van der Waals surface area contributed by atoms with Crippen LogP contribution in [0.1, 0.15) is 17.4 Å². The Hall–Kier alpha value is -2.86. The van der Waals surface area contributed by atoms with Crippen LogP contribution in [0.5, 0.6) is 11.5 Å². The smallest absolute Gasteiger partial charge is 0.181 e. The normalized spacial score (nSPS) is 12.0. The van der Waals surface area contributed by atoms with Crippen LogP contribution in [0.15, 0.2) is 48.5 Å². The number of hydrogen-bond donors (Lipinski definition) is 2. The largest absolute Gasteiger partial charge is 0.493 e. The molecule has 1 unspecified atom stereocenters. The third-order valence-corrected chi connectivity index (χ3v) is 3.79. The maximum Gasteiger partial charge on any atom is 0.181 e. The highest BCUT2D eigenvalue weighted by molar-refractivity contribution is 5.60. The fraction of sp³-hybridized carbons (Fsp3) is 0.222. The number of rotatable bonds is 6. The summed E-state index contributed by atoms with van der Waals surface area (Å²) < 4.78 is 10.6. The van der Waals surface area contributed by atoms with Crippen molar-refractivity contribution in [1.82, 2.24) is 15.2 Å². The number of H-pyrrole nitrogens is 1. The van der Waals surface area contributed by atoms with Gasteiger partial charge in [0.25, 0.3) is 0 Å². The van der Waals surface area contributed by atoms with Crippen molar-refractivity contribution in [2.24, 2.45) is 5.73 Å². The van der Waals surface area contributed by atoms with E-state index in [9.17, 15) is 0 Å². The van der Waals surface area contributed by atoms with Gasteiger partial charge in [0.15, 0.2) is 17.3 Å². The average Bonchev–Trinajstić information content (AvgIpc) is 3.12. The maximum absolute atomic E-state index is 6.24. The van der Waals surface area contributed by atoms with Crippen LogP contribution in [0.4, 0.5) is 0 Å². The minimum absolute atomic E-state index is 0.242. The highest BCUT2D eigenvalue weighted by Crippen LogP contribution is 2.31. The molecule has 0 aliphatic carbocycles. The molecule has 1 aromatic heterocycles. The molecular weight excluding hydrogens is 304 g/mol. The van der Waals surface area contributed by atoms with Crippen molar-refractivity contribution in [3.63, 3.8) is 0 Å². The standard InChI is InChI=1S/C18H20N4O2/c1-23-15-9-8-13(11-16(15)24-2)17-20-18(22-21-17)14(19)10-12-6-4-3-5-7-12/h3-9,11,14H,10,19H2,1-2H3,(H,20,21,22). The Kier molecular flexibility index (Phi) is 4.77. The molecule has 6 heteroatoms. The van der Waals surface area contributed by atoms with E-state index in [-0.39, 0.29) is 6.04 Å². The second kappa shape index (κ2) is 7.14. The number of nitrogens with two attached hydrogens (primary N) is 1. The van der Waals surface area contributed by atoms with E-state index in [2.05, 4.69) is 15.2 Å². The number of aromatic amines is 1. The fourth-order valence-corrected chi connectivity index (χ4v) is 2.51. The molecule has 0 spiro atoms. The first-order valence-electron chi connectivity index (χ1n) is 7.65. The summed E-state index contributed by atoms with van der Waals surface area (Å²) in [5, 5.41) is 7.20. The molecule has 3 aromatic rings. The van der Waals surface area contributed by atoms with Crippen molar-refractivity contribution in [2.75, 3.05) is 14.2 Å². The Labute approximate surface area is 140 Å².